The first kappa shape index (κ1) is 13.3. The Labute approximate surface area is 107 Å². The number of hydrogen-bond donors (Lipinski definition) is 0. The highest BCUT2D eigenvalue weighted by Crippen LogP contribution is 2.32. The summed E-state index contributed by atoms with van der Waals surface area (Å²) in [6.07, 6.45) is -3.32. The molecule has 0 bridgehead atoms. The van der Waals surface area contributed by atoms with Crippen LogP contribution in [0.15, 0.2) is 34.9 Å². The molecule has 19 heavy (non-hydrogen) atoms. The average molecular weight is 269 g/mol. The van der Waals surface area contributed by atoms with Crippen LogP contribution in [0, 0.1) is 0 Å². The van der Waals surface area contributed by atoms with Crippen LogP contribution in [0.2, 0.25) is 0 Å². The number of nitrogens with zero attached hydrogens (tertiary/aromatic N) is 1. The summed E-state index contributed by atoms with van der Waals surface area (Å²) in [5, 5.41) is 0. The molecule has 0 saturated carbocycles. The topological polar surface area (TPSA) is 43.1 Å². The summed E-state index contributed by atoms with van der Waals surface area (Å²) in [6, 6.07) is 5.20. The molecule has 2 rings (SSSR count). The van der Waals surface area contributed by atoms with Gasteiger partial charge in [0.15, 0.2) is 17.4 Å². The molecule has 0 aliphatic rings. The number of oxazole rings is 1. The molecule has 0 aliphatic carbocycles. The molecule has 0 unspecified atom stereocenters. The first-order chi connectivity index (χ1) is 8.88. The van der Waals surface area contributed by atoms with Crippen LogP contribution in [0.1, 0.15) is 34.5 Å². The first-order valence-corrected chi connectivity index (χ1v) is 5.48. The summed E-state index contributed by atoms with van der Waals surface area (Å²) in [5.74, 6) is -0.191. The zero-order valence-corrected chi connectivity index (χ0v) is 9.99. The summed E-state index contributed by atoms with van der Waals surface area (Å²) >= 11 is 0. The lowest BCUT2D eigenvalue weighted by atomic mass is 10.0. The number of aromatic nitrogens is 1. The molecule has 1 aromatic carbocycles. The summed E-state index contributed by atoms with van der Waals surface area (Å²) in [5.41, 5.74) is -0.662. The van der Waals surface area contributed by atoms with Crippen molar-refractivity contribution in [3.63, 3.8) is 0 Å². The Morgan fingerprint density at radius 2 is 2.00 bits per heavy atom. The van der Waals surface area contributed by atoms with Crippen molar-refractivity contribution in [1.29, 1.82) is 0 Å². The third-order valence-electron chi connectivity index (χ3n) is 2.56. The highest BCUT2D eigenvalue weighted by Gasteiger charge is 2.33. The number of rotatable bonds is 3. The van der Waals surface area contributed by atoms with Crippen LogP contribution < -0.4 is 0 Å². The van der Waals surface area contributed by atoms with Crippen LogP contribution in [0.25, 0.3) is 0 Å². The van der Waals surface area contributed by atoms with Gasteiger partial charge in [-0.05, 0) is 11.6 Å². The summed E-state index contributed by atoms with van der Waals surface area (Å²) in [7, 11) is 0. The predicted octanol–water partition coefficient (Wildman–Crippen LogP) is 3.49. The summed E-state index contributed by atoms with van der Waals surface area (Å²) < 4.78 is 43.4. The van der Waals surface area contributed by atoms with Gasteiger partial charge in [0.25, 0.3) is 0 Å². The van der Waals surface area contributed by atoms with Crippen LogP contribution in [0.3, 0.4) is 0 Å². The maximum absolute atomic E-state index is 12.8. The van der Waals surface area contributed by atoms with Gasteiger partial charge in [-0.2, -0.15) is 13.2 Å². The smallest absolute Gasteiger partial charge is 0.416 e. The molecule has 6 heteroatoms. The molecule has 0 amide bonds. The van der Waals surface area contributed by atoms with Gasteiger partial charge in [-0.3, -0.25) is 4.79 Å². The van der Waals surface area contributed by atoms with Crippen LogP contribution in [0.4, 0.5) is 13.2 Å². The molecule has 0 radical (unpaired) electrons. The molecular formula is C13H10F3NO2. The predicted molar refractivity (Wildman–Crippen MR) is 60.8 cm³/mol. The van der Waals surface area contributed by atoms with Gasteiger partial charge in [0.05, 0.1) is 11.8 Å². The van der Waals surface area contributed by atoms with Crippen molar-refractivity contribution in [1.82, 2.24) is 4.98 Å². The lowest BCUT2D eigenvalue weighted by Gasteiger charge is -2.11. The SMILES string of the molecule is CC(=O)c1cnc(Cc2ccccc2C(F)(F)F)o1. The Balaban J connectivity index is 2.30. The Morgan fingerprint density at radius 3 is 2.58 bits per heavy atom. The third-order valence-corrected chi connectivity index (χ3v) is 2.56. The maximum Gasteiger partial charge on any atom is 0.416 e. The van der Waals surface area contributed by atoms with Gasteiger partial charge in [-0.15, -0.1) is 0 Å². The van der Waals surface area contributed by atoms with Crippen LogP contribution in [-0.4, -0.2) is 10.8 Å². The van der Waals surface area contributed by atoms with Gasteiger partial charge in [-0.25, -0.2) is 4.98 Å². The van der Waals surface area contributed by atoms with E-state index in [1.54, 1.807) is 0 Å². The second kappa shape index (κ2) is 4.87. The largest absolute Gasteiger partial charge is 0.437 e. The number of benzene rings is 1. The fourth-order valence-corrected chi connectivity index (χ4v) is 1.67. The van der Waals surface area contributed by atoms with E-state index in [4.69, 9.17) is 4.42 Å². The molecule has 2 aromatic rings. The molecule has 0 N–H and O–H groups in total. The average Bonchev–Trinajstić information content (AvgIpc) is 2.77. The van der Waals surface area contributed by atoms with Crippen LogP contribution in [0.5, 0.6) is 0 Å². The number of carbonyl (C=O) groups is 1. The van der Waals surface area contributed by atoms with E-state index in [-0.39, 0.29) is 29.4 Å². The van der Waals surface area contributed by atoms with Crippen molar-refractivity contribution in [2.45, 2.75) is 19.5 Å². The van der Waals surface area contributed by atoms with Gasteiger partial charge in [0.2, 0.25) is 0 Å². The Hall–Kier alpha value is -2.11. The zero-order chi connectivity index (χ0) is 14.0. The number of hydrogen-bond acceptors (Lipinski definition) is 3. The van der Waals surface area contributed by atoms with E-state index in [0.29, 0.717) is 0 Å². The highest BCUT2D eigenvalue weighted by atomic mass is 19.4. The molecule has 0 fully saturated rings. The van der Waals surface area contributed by atoms with Crippen molar-refractivity contribution in [2.24, 2.45) is 0 Å². The third kappa shape index (κ3) is 3.01. The molecule has 0 spiro atoms. The quantitative estimate of drug-likeness (QED) is 0.801. The van der Waals surface area contributed by atoms with Crippen LogP contribution >= 0.6 is 0 Å². The standard InChI is InChI=1S/C13H10F3NO2/c1-8(18)11-7-17-12(19-11)6-9-4-2-3-5-10(9)13(14,15)16/h2-5,7H,6H2,1H3. The van der Waals surface area contributed by atoms with Gasteiger partial charge in [0, 0.05) is 13.3 Å². The normalized spacial score (nSPS) is 11.6. The Bertz CT molecular complexity index is 602. The second-order valence-electron chi connectivity index (χ2n) is 4.01. The number of Topliss-reactive ketones (excluding diaryl/α,β-unsaturated/α-hetero) is 1. The molecule has 0 saturated heterocycles. The lowest BCUT2D eigenvalue weighted by Crippen LogP contribution is -2.09. The second-order valence-corrected chi connectivity index (χ2v) is 4.01. The van der Waals surface area contributed by atoms with Crippen molar-refractivity contribution < 1.29 is 22.4 Å². The minimum atomic E-state index is -4.42. The Morgan fingerprint density at radius 1 is 1.32 bits per heavy atom. The zero-order valence-electron chi connectivity index (χ0n) is 9.99. The lowest BCUT2D eigenvalue weighted by molar-refractivity contribution is -0.138. The fourth-order valence-electron chi connectivity index (χ4n) is 1.67. The first-order valence-electron chi connectivity index (χ1n) is 5.48. The molecular weight excluding hydrogens is 259 g/mol. The molecule has 3 nitrogen and oxygen atoms in total. The van der Waals surface area contributed by atoms with Crippen molar-refractivity contribution in [2.75, 3.05) is 0 Å². The van der Waals surface area contributed by atoms with Crippen LogP contribution in [-0.2, 0) is 12.6 Å². The van der Waals surface area contributed by atoms with Crippen molar-refractivity contribution in [3.8, 4) is 0 Å². The van der Waals surface area contributed by atoms with Gasteiger partial charge in [0.1, 0.15) is 0 Å². The molecule has 1 heterocycles. The summed E-state index contributed by atoms with van der Waals surface area (Å²) in [6.45, 7) is 1.30. The molecule has 0 aliphatic heterocycles. The minimum absolute atomic E-state index is 0.0412. The fraction of sp³-hybridized carbons (Fsp3) is 0.231. The highest BCUT2D eigenvalue weighted by molar-refractivity contribution is 5.90. The van der Waals surface area contributed by atoms with E-state index < -0.39 is 11.7 Å². The number of alkyl halides is 3. The van der Waals surface area contributed by atoms with Gasteiger partial charge in [-0.1, -0.05) is 18.2 Å². The monoisotopic (exact) mass is 269 g/mol. The van der Waals surface area contributed by atoms with E-state index >= 15 is 0 Å². The number of ketones is 1. The van der Waals surface area contributed by atoms with E-state index in [1.807, 2.05) is 0 Å². The van der Waals surface area contributed by atoms with E-state index in [9.17, 15) is 18.0 Å². The van der Waals surface area contributed by atoms with Gasteiger partial charge < -0.3 is 4.42 Å². The van der Waals surface area contributed by atoms with Gasteiger partial charge >= 0.3 is 6.18 Å². The minimum Gasteiger partial charge on any atom is -0.437 e. The van der Waals surface area contributed by atoms with E-state index in [0.717, 1.165) is 6.07 Å². The molecule has 100 valence electrons. The van der Waals surface area contributed by atoms with E-state index in [1.165, 1.54) is 31.3 Å². The Kier molecular flexibility index (Phi) is 3.42. The molecule has 1 aromatic heterocycles. The maximum atomic E-state index is 12.8. The van der Waals surface area contributed by atoms with Crippen molar-refractivity contribution >= 4 is 5.78 Å². The van der Waals surface area contributed by atoms with Crippen molar-refractivity contribution in [3.05, 3.63) is 53.2 Å². The number of carbonyl (C=O) groups excluding carboxylic acids is 1. The summed E-state index contributed by atoms with van der Waals surface area (Å²) in [4.78, 5) is 14.8. The molecule has 0 atom stereocenters. The van der Waals surface area contributed by atoms with E-state index in [2.05, 4.69) is 4.98 Å². The number of halogens is 3.